The van der Waals surface area contributed by atoms with E-state index in [4.69, 9.17) is 25.8 Å². The first-order valence-corrected chi connectivity index (χ1v) is 13.1. The number of hydrogen-bond donors (Lipinski definition) is 2. The van der Waals surface area contributed by atoms with E-state index in [2.05, 4.69) is 15.5 Å². The molecule has 0 saturated heterocycles. The fraction of sp³-hybridized carbons (Fsp3) is 0.0625. The van der Waals surface area contributed by atoms with Gasteiger partial charge in [-0.3, -0.25) is 9.59 Å². The number of aromatic amines is 1. The number of rotatable bonds is 8. The van der Waals surface area contributed by atoms with Crippen molar-refractivity contribution in [3.05, 3.63) is 113 Å². The van der Waals surface area contributed by atoms with Gasteiger partial charge in [-0.25, -0.2) is 10.2 Å². The zero-order chi connectivity index (χ0) is 29.6. The van der Waals surface area contributed by atoms with Crippen LogP contribution in [0.15, 0.2) is 96.1 Å². The normalized spacial score (nSPS) is 10.9. The summed E-state index contributed by atoms with van der Waals surface area (Å²) in [5.74, 6) is -1.08. The van der Waals surface area contributed by atoms with Crippen LogP contribution in [-0.2, 0) is 4.79 Å². The molecule has 0 spiro atoms. The Morgan fingerprint density at radius 1 is 0.857 bits per heavy atom. The van der Waals surface area contributed by atoms with Crippen LogP contribution in [0.1, 0.15) is 33.3 Å². The van der Waals surface area contributed by atoms with Crippen LogP contribution in [0.2, 0.25) is 5.02 Å². The average molecular weight is 582 g/mol. The molecular weight excluding hydrogens is 558 g/mol. The average Bonchev–Trinajstić information content (AvgIpc) is 3.37. The molecule has 0 aliphatic rings. The monoisotopic (exact) mass is 581 g/mol. The second-order valence-corrected chi connectivity index (χ2v) is 9.39. The van der Waals surface area contributed by atoms with Gasteiger partial charge in [0, 0.05) is 39.5 Å². The summed E-state index contributed by atoms with van der Waals surface area (Å²) in [4.78, 5) is 40.7. The SMILES string of the molecule is COc1cc(C(=O)Oc2ccccc2C=NNC(=O)c2[nH]c3ccccc3c2-c2ccccc2Cl)ccc1OC(C)=O. The summed E-state index contributed by atoms with van der Waals surface area (Å²) in [5, 5.41) is 5.47. The number of hydrogen-bond acceptors (Lipinski definition) is 7. The van der Waals surface area contributed by atoms with Gasteiger partial charge in [0.25, 0.3) is 5.91 Å². The summed E-state index contributed by atoms with van der Waals surface area (Å²) >= 11 is 6.48. The number of halogens is 1. The summed E-state index contributed by atoms with van der Waals surface area (Å²) in [6.45, 7) is 1.26. The molecule has 1 aromatic heterocycles. The van der Waals surface area contributed by atoms with Crippen molar-refractivity contribution in [2.75, 3.05) is 7.11 Å². The van der Waals surface area contributed by atoms with Gasteiger partial charge in [0.15, 0.2) is 11.5 Å². The molecule has 210 valence electrons. The van der Waals surface area contributed by atoms with E-state index in [1.165, 1.54) is 38.4 Å². The molecule has 5 rings (SSSR count). The van der Waals surface area contributed by atoms with Crippen LogP contribution in [0.5, 0.6) is 17.2 Å². The number of amides is 1. The number of carbonyl (C=O) groups excluding carboxylic acids is 3. The third-order valence-electron chi connectivity index (χ3n) is 6.22. The van der Waals surface area contributed by atoms with Crippen LogP contribution < -0.4 is 19.6 Å². The summed E-state index contributed by atoms with van der Waals surface area (Å²) in [7, 11) is 1.39. The molecular formula is C32H24ClN3O6. The number of hydrazone groups is 1. The van der Waals surface area contributed by atoms with Crippen LogP contribution in [0.3, 0.4) is 0 Å². The molecule has 0 fully saturated rings. The number of para-hydroxylation sites is 2. The molecule has 1 amide bonds. The minimum Gasteiger partial charge on any atom is -0.493 e. The lowest BCUT2D eigenvalue weighted by molar-refractivity contribution is -0.132. The van der Waals surface area contributed by atoms with Gasteiger partial charge in [-0.05, 0) is 42.5 Å². The molecule has 0 aliphatic heterocycles. The molecule has 0 saturated carbocycles. The first kappa shape index (κ1) is 28.1. The fourth-order valence-electron chi connectivity index (χ4n) is 4.34. The van der Waals surface area contributed by atoms with Crippen molar-refractivity contribution in [2.24, 2.45) is 5.10 Å². The quantitative estimate of drug-likeness (QED) is 0.0946. The summed E-state index contributed by atoms with van der Waals surface area (Å²) < 4.78 is 15.9. The predicted octanol–water partition coefficient (Wildman–Crippen LogP) is 6.41. The molecule has 10 heteroatoms. The van der Waals surface area contributed by atoms with Gasteiger partial charge in [0.1, 0.15) is 11.4 Å². The first-order valence-electron chi connectivity index (χ1n) is 12.7. The van der Waals surface area contributed by atoms with Gasteiger partial charge in [-0.15, -0.1) is 0 Å². The zero-order valence-corrected chi connectivity index (χ0v) is 23.3. The van der Waals surface area contributed by atoms with Gasteiger partial charge in [0.05, 0.1) is 18.9 Å². The highest BCUT2D eigenvalue weighted by Gasteiger charge is 2.21. The topological polar surface area (TPSA) is 119 Å². The fourth-order valence-corrected chi connectivity index (χ4v) is 4.58. The van der Waals surface area contributed by atoms with Crippen molar-refractivity contribution < 1.29 is 28.6 Å². The van der Waals surface area contributed by atoms with Crippen molar-refractivity contribution in [3.63, 3.8) is 0 Å². The van der Waals surface area contributed by atoms with E-state index in [9.17, 15) is 14.4 Å². The van der Waals surface area contributed by atoms with Gasteiger partial charge < -0.3 is 19.2 Å². The van der Waals surface area contributed by atoms with E-state index in [0.717, 1.165) is 10.9 Å². The number of methoxy groups -OCH3 is 1. The number of esters is 2. The van der Waals surface area contributed by atoms with Crippen molar-refractivity contribution in [1.29, 1.82) is 0 Å². The van der Waals surface area contributed by atoms with Gasteiger partial charge >= 0.3 is 11.9 Å². The number of benzene rings is 4. The van der Waals surface area contributed by atoms with Crippen molar-refractivity contribution in [3.8, 4) is 28.4 Å². The Bertz CT molecular complexity index is 1850. The number of nitrogens with one attached hydrogen (secondary N) is 2. The van der Waals surface area contributed by atoms with Crippen LogP contribution in [-0.4, -0.2) is 36.2 Å². The lowest BCUT2D eigenvalue weighted by atomic mass is 10.0. The van der Waals surface area contributed by atoms with E-state index in [1.807, 2.05) is 42.5 Å². The smallest absolute Gasteiger partial charge is 0.343 e. The molecule has 0 bridgehead atoms. The largest absolute Gasteiger partial charge is 0.493 e. The molecule has 4 aromatic carbocycles. The Morgan fingerprint density at radius 3 is 2.38 bits per heavy atom. The van der Waals surface area contributed by atoms with Crippen LogP contribution >= 0.6 is 11.6 Å². The standard InChI is InChI=1S/C32H24ClN3O6/c1-19(37)41-27-16-15-20(17-28(27)40-2)32(39)42-26-14-8-3-9-21(26)18-34-36-31(38)30-29(22-10-4-6-12-24(22)33)23-11-5-7-13-25(23)35-30/h3-18,35H,1-2H3,(H,36,38). The minimum atomic E-state index is -0.671. The predicted molar refractivity (Wildman–Crippen MR) is 160 cm³/mol. The molecule has 9 nitrogen and oxygen atoms in total. The minimum absolute atomic E-state index is 0.175. The van der Waals surface area contributed by atoms with Crippen molar-refractivity contribution in [2.45, 2.75) is 6.92 Å². The Kier molecular flexibility index (Phi) is 8.31. The third kappa shape index (κ3) is 6.01. The highest BCUT2D eigenvalue weighted by molar-refractivity contribution is 6.34. The number of aromatic nitrogens is 1. The third-order valence-corrected chi connectivity index (χ3v) is 6.55. The Morgan fingerprint density at radius 2 is 1.60 bits per heavy atom. The first-order chi connectivity index (χ1) is 20.4. The van der Waals surface area contributed by atoms with Crippen molar-refractivity contribution in [1.82, 2.24) is 10.4 Å². The lowest BCUT2D eigenvalue weighted by Gasteiger charge is -2.11. The maximum absolute atomic E-state index is 13.3. The molecule has 0 radical (unpaired) electrons. The zero-order valence-electron chi connectivity index (χ0n) is 22.5. The number of ether oxygens (including phenoxy) is 3. The summed E-state index contributed by atoms with van der Waals surface area (Å²) in [6.07, 6.45) is 1.38. The molecule has 0 unspecified atom stereocenters. The van der Waals surface area contributed by atoms with E-state index in [-0.39, 0.29) is 22.8 Å². The van der Waals surface area contributed by atoms with Crippen LogP contribution in [0.4, 0.5) is 0 Å². The molecule has 0 atom stereocenters. The van der Waals surface area contributed by atoms with E-state index in [1.54, 1.807) is 30.3 Å². The Hall–Kier alpha value is -5.41. The second-order valence-electron chi connectivity index (χ2n) is 8.99. The number of H-pyrrole nitrogens is 1. The van der Waals surface area contributed by atoms with E-state index >= 15 is 0 Å². The molecule has 0 aliphatic carbocycles. The molecule has 42 heavy (non-hydrogen) atoms. The van der Waals surface area contributed by atoms with E-state index < -0.39 is 17.8 Å². The highest BCUT2D eigenvalue weighted by atomic mass is 35.5. The van der Waals surface area contributed by atoms with Crippen LogP contribution in [0.25, 0.3) is 22.0 Å². The van der Waals surface area contributed by atoms with Crippen molar-refractivity contribution >= 4 is 46.6 Å². The van der Waals surface area contributed by atoms with E-state index in [0.29, 0.717) is 27.4 Å². The highest BCUT2D eigenvalue weighted by Crippen LogP contribution is 2.36. The number of carbonyl (C=O) groups is 3. The molecule has 5 aromatic rings. The van der Waals surface area contributed by atoms with Gasteiger partial charge in [0.2, 0.25) is 0 Å². The van der Waals surface area contributed by atoms with Gasteiger partial charge in [-0.2, -0.15) is 5.10 Å². The maximum Gasteiger partial charge on any atom is 0.343 e. The van der Waals surface area contributed by atoms with Gasteiger partial charge in [-0.1, -0.05) is 60.1 Å². The summed E-state index contributed by atoms with van der Waals surface area (Å²) in [6, 6.07) is 25.9. The van der Waals surface area contributed by atoms with Crippen LogP contribution in [0, 0.1) is 0 Å². The Labute approximate surface area is 245 Å². The Balaban J connectivity index is 1.36. The number of fused-ring (bicyclic) bond motifs is 1. The lowest BCUT2D eigenvalue weighted by Crippen LogP contribution is -2.19. The molecule has 1 heterocycles. The molecule has 2 N–H and O–H groups in total. The second kappa shape index (κ2) is 12.4. The summed E-state index contributed by atoms with van der Waals surface area (Å²) in [5.41, 5.74) is 5.60. The number of nitrogens with zero attached hydrogens (tertiary/aromatic N) is 1. The maximum atomic E-state index is 13.3.